The van der Waals surface area contributed by atoms with Crippen LogP contribution in [-0.4, -0.2) is 51.7 Å². The summed E-state index contributed by atoms with van der Waals surface area (Å²) < 4.78 is 0. The minimum atomic E-state index is -1.10. The van der Waals surface area contributed by atoms with Crippen LogP contribution in [-0.2, 0) is 0 Å². The van der Waals surface area contributed by atoms with Crippen molar-refractivity contribution in [3.05, 3.63) is 95.6 Å². The molecule has 2 spiro atoms. The van der Waals surface area contributed by atoms with Crippen molar-refractivity contribution in [1.29, 1.82) is 0 Å². The largest absolute Gasteiger partial charge is 0.393 e. The van der Waals surface area contributed by atoms with Gasteiger partial charge in [-0.3, -0.25) is 4.79 Å². The van der Waals surface area contributed by atoms with E-state index in [1.807, 2.05) is 48.5 Å². The second-order valence-electron chi connectivity index (χ2n) is 20.9. The number of carbonyl (C=O) groups excluding carboxylic acids is 2. The van der Waals surface area contributed by atoms with Gasteiger partial charge in [0.2, 0.25) is 0 Å². The van der Waals surface area contributed by atoms with Crippen molar-refractivity contribution in [2.24, 2.45) is 56.7 Å². The standard InChI is InChI=1S/C49H62N2O4/c1-32(36-10-6-4-7-11-36)50-43(54)51(30-46-25-33-22-34(26-46)24-35(23-33)27-46)31-48(55)19-16-41-45(48,3)18-15-40-44(2)17-14-38(52)28-47(44)20-21-49(40,41)39(29-47)42(53)37-12-8-5-9-13-37/h4-13,20-21,29,32-35,38,40-41,52,55H,14-19,22-28,30-31H2,1-3H3,(H,50,54). The van der Waals surface area contributed by atoms with Crippen molar-refractivity contribution in [1.82, 2.24) is 10.2 Å². The van der Waals surface area contributed by atoms with Gasteiger partial charge in [0.25, 0.3) is 0 Å². The topological polar surface area (TPSA) is 89.9 Å². The number of allylic oxidation sites excluding steroid dienone is 4. The number of aliphatic hydroxyl groups is 2. The fraction of sp³-hybridized carbons (Fsp3) is 0.633. The molecule has 2 amide bonds. The van der Waals surface area contributed by atoms with E-state index in [9.17, 15) is 19.8 Å². The van der Waals surface area contributed by atoms with Crippen LogP contribution >= 0.6 is 0 Å². The van der Waals surface area contributed by atoms with Gasteiger partial charge in [0.1, 0.15) is 0 Å². The molecule has 0 saturated heterocycles. The first-order valence-corrected chi connectivity index (χ1v) is 21.9. The highest BCUT2D eigenvalue weighted by atomic mass is 16.3. The summed E-state index contributed by atoms with van der Waals surface area (Å²) in [5.41, 5.74) is 0.250. The van der Waals surface area contributed by atoms with E-state index in [4.69, 9.17) is 0 Å². The van der Waals surface area contributed by atoms with E-state index < -0.39 is 16.4 Å². The van der Waals surface area contributed by atoms with E-state index in [2.05, 4.69) is 61.3 Å². The molecule has 7 saturated carbocycles. The van der Waals surface area contributed by atoms with E-state index in [0.29, 0.717) is 31.5 Å². The molecule has 9 unspecified atom stereocenters. The first-order valence-electron chi connectivity index (χ1n) is 21.9. The lowest BCUT2D eigenvalue weighted by molar-refractivity contribution is -0.176. The normalized spacial score (nSPS) is 44.9. The zero-order valence-corrected chi connectivity index (χ0v) is 33.3. The summed E-state index contributed by atoms with van der Waals surface area (Å²) in [6.07, 6.45) is 20.0. The molecule has 2 aromatic carbocycles. The van der Waals surface area contributed by atoms with Gasteiger partial charge in [-0.05, 0) is 136 Å². The number of amides is 2. The highest BCUT2D eigenvalue weighted by Gasteiger charge is 2.74. The average Bonchev–Trinajstić information content (AvgIpc) is 3.44. The molecule has 7 fully saturated rings. The number of ketones is 1. The highest BCUT2D eigenvalue weighted by molar-refractivity contribution is 6.10. The molecule has 12 rings (SSSR count). The van der Waals surface area contributed by atoms with Crippen molar-refractivity contribution in [2.75, 3.05) is 13.1 Å². The van der Waals surface area contributed by atoms with E-state index in [1.54, 1.807) is 0 Å². The number of Topliss-reactive ketones (excluding diaryl/α,β-unsaturated/α-hetero) is 1. The van der Waals surface area contributed by atoms with Crippen LogP contribution in [0, 0.1) is 56.7 Å². The number of urea groups is 1. The maximum Gasteiger partial charge on any atom is 0.317 e. The van der Waals surface area contributed by atoms with Crippen molar-refractivity contribution in [2.45, 2.75) is 122 Å². The molecule has 2 aromatic rings. The van der Waals surface area contributed by atoms with Crippen LogP contribution in [0.5, 0.6) is 0 Å². The van der Waals surface area contributed by atoms with Crippen molar-refractivity contribution < 1.29 is 19.8 Å². The smallest absolute Gasteiger partial charge is 0.317 e. The number of rotatable bonds is 8. The predicted octanol–water partition coefficient (Wildman–Crippen LogP) is 9.45. The van der Waals surface area contributed by atoms with Gasteiger partial charge in [-0.2, -0.15) is 0 Å². The molecule has 6 heteroatoms. The SMILES string of the molecule is CC(NC(=O)N(CC12CC3CC(CC(C3)C1)C2)CC1(O)CCC2C34C=CC5(C=C3C(=O)c3ccccc3)CC(O)CCC5(C)C4CCC21C)c1ccccc1. The molecule has 6 nitrogen and oxygen atoms in total. The molecule has 0 aliphatic heterocycles. The van der Waals surface area contributed by atoms with Crippen LogP contribution in [0.25, 0.3) is 0 Å². The molecule has 10 aliphatic rings. The van der Waals surface area contributed by atoms with Gasteiger partial charge in [0.15, 0.2) is 5.78 Å². The summed E-state index contributed by atoms with van der Waals surface area (Å²) in [4.78, 5) is 31.7. The summed E-state index contributed by atoms with van der Waals surface area (Å²) in [6, 6.07) is 19.8. The maximum absolute atomic E-state index is 14.9. The number of hydrogen-bond donors (Lipinski definition) is 3. The van der Waals surface area contributed by atoms with Crippen molar-refractivity contribution in [3.63, 3.8) is 0 Å². The Hall–Kier alpha value is -3.22. The van der Waals surface area contributed by atoms with E-state index in [1.165, 1.54) is 38.5 Å². The van der Waals surface area contributed by atoms with Crippen LogP contribution in [0.3, 0.4) is 0 Å². The molecule has 6 bridgehead atoms. The van der Waals surface area contributed by atoms with Gasteiger partial charge in [-0.25, -0.2) is 4.79 Å². The highest BCUT2D eigenvalue weighted by Crippen LogP contribution is 2.78. The molecule has 9 atom stereocenters. The van der Waals surface area contributed by atoms with Gasteiger partial charge >= 0.3 is 6.03 Å². The van der Waals surface area contributed by atoms with E-state index >= 15 is 0 Å². The van der Waals surface area contributed by atoms with Crippen molar-refractivity contribution in [3.8, 4) is 0 Å². The third kappa shape index (κ3) is 5.18. The lowest BCUT2D eigenvalue weighted by Gasteiger charge is -2.71. The Bertz CT molecular complexity index is 1890. The summed E-state index contributed by atoms with van der Waals surface area (Å²) in [6.45, 7) is 7.85. The minimum Gasteiger partial charge on any atom is -0.393 e. The number of fused-ring (bicyclic) bond motifs is 1. The fourth-order valence-electron chi connectivity index (χ4n) is 15.8. The summed E-state index contributed by atoms with van der Waals surface area (Å²) in [7, 11) is 0. The zero-order chi connectivity index (χ0) is 38.0. The second kappa shape index (κ2) is 12.4. The zero-order valence-electron chi connectivity index (χ0n) is 33.3. The van der Waals surface area contributed by atoms with Gasteiger partial charge in [0.05, 0.1) is 24.3 Å². The van der Waals surface area contributed by atoms with Crippen LogP contribution in [0.2, 0.25) is 0 Å². The monoisotopic (exact) mass is 742 g/mol. The predicted molar refractivity (Wildman–Crippen MR) is 215 cm³/mol. The first kappa shape index (κ1) is 36.1. The molecule has 0 aromatic heterocycles. The third-order valence-electron chi connectivity index (χ3n) is 18.1. The van der Waals surface area contributed by atoms with Gasteiger partial charge < -0.3 is 20.4 Å². The van der Waals surface area contributed by atoms with Crippen LogP contribution < -0.4 is 5.32 Å². The van der Waals surface area contributed by atoms with Crippen LogP contribution in [0.1, 0.15) is 126 Å². The summed E-state index contributed by atoms with van der Waals surface area (Å²) in [5.74, 6) is 2.70. The Labute approximate surface area is 328 Å². The Morgan fingerprint density at radius 3 is 2.05 bits per heavy atom. The Morgan fingerprint density at radius 1 is 0.782 bits per heavy atom. The number of nitrogens with one attached hydrogen (secondary N) is 1. The molecule has 3 N–H and O–H groups in total. The first-order chi connectivity index (χ1) is 26.3. The molecular formula is C49H62N2O4. The number of nitrogens with zero attached hydrogens (tertiary/aromatic N) is 1. The van der Waals surface area contributed by atoms with E-state index in [-0.39, 0.29) is 52.0 Å². The van der Waals surface area contributed by atoms with Gasteiger partial charge in [0, 0.05) is 33.9 Å². The van der Waals surface area contributed by atoms with Crippen LogP contribution in [0.15, 0.2) is 84.5 Å². The molecule has 0 heterocycles. The van der Waals surface area contributed by atoms with E-state index in [0.717, 1.165) is 61.0 Å². The number of aliphatic hydroxyl groups excluding tert-OH is 1. The third-order valence-corrected chi connectivity index (χ3v) is 18.1. The number of hydrogen-bond acceptors (Lipinski definition) is 4. The molecule has 0 radical (unpaired) electrons. The molecular weight excluding hydrogens is 681 g/mol. The quantitative estimate of drug-likeness (QED) is 0.186. The second-order valence-corrected chi connectivity index (χ2v) is 20.9. The fourth-order valence-corrected chi connectivity index (χ4v) is 15.8. The Kier molecular flexibility index (Phi) is 8.14. The summed E-state index contributed by atoms with van der Waals surface area (Å²) in [5, 5.41) is 27.9. The number of carbonyl (C=O) groups is 2. The maximum atomic E-state index is 14.9. The molecule has 55 heavy (non-hydrogen) atoms. The molecule has 10 aliphatic carbocycles. The van der Waals surface area contributed by atoms with Crippen molar-refractivity contribution >= 4 is 11.8 Å². The number of benzene rings is 2. The van der Waals surface area contributed by atoms with Gasteiger partial charge in [-0.1, -0.05) is 92.7 Å². The Morgan fingerprint density at radius 2 is 1.38 bits per heavy atom. The average molecular weight is 743 g/mol. The Balaban J connectivity index is 1.02. The molecule has 292 valence electrons. The lowest BCUT2D eigenvalue weighted by Crippen LogP contribution is -2.67. The van der Waals surface area contributed by atoms with Crippen LogP contribution in [0.4, 0.5) is 4.79 Å². The lowest BCUT2D eigenvalue weighted by atomic mass is 9.32. The summed E-state index contributed by atoms with van der Waals surface area (Å²) >= 11 is 0. The minimum absolute atomic E-state index is 0.0496. The van der Waals surface area contributed by atoms with Gasteiger partial charge in [-0.15, -0.1) is 0 Å².